The molecule has 5 fully saturated rings. The molecule has 2 saturated carbocycles. The van der Waals surface area contributed by atoms with Gasteiger partial charge in [0.25, 0.3) is 0 Å². The summed E-state index contributed by atoms with van der Waals surface area (Å²) in [6.45, 7) is -1.59. The first-order valence-electron chi connectivity index (χ1n) is 17.6. The standard InChI is InChI=1S/C36H34F5N5O2/c37-13-19-12-26-36(9-10-36)21(16-45(26)15-19)17-47-35-43-31-24(34(44-35)46-11-2-1-5-23-28(40)32(23)46)14-42-30(29(31)41)22-6-3-4-20-7-8-25(39)33(27(20)22)48-18-38/h3-4,6-8,13-14,21,23,26,28,32H,1-2,5,9-12,15-18H2/t21?,23-,26?,28-,32-/m0/s1/i18D2. The number of hydrogen-bond donors (Lipinski definition) is 0. The quantitative estimate of drug-likeness (QED) is 0.190. The largest absolute Gasteiger partial charge is 0.463 e. The van der Waals surface area contributed by atoms with Crippen LogP contribution in [-0.4, -0.2) is 71.2 Å². The molecule has 3 aliphatic heterocycles. The fraction of sp³-hybridized carbons (Fsp3) is 0.472. The Labute approximate surface area is 276 Å². The van der Waals surface area contributed by atoms with Crippen molar-refractivity contribution in [2.45, 2.75) is 56.8 Å². The smallest absolute Gasteiger partial charge is 0.319 e. The van der Waals surface area contributed by atoms with Gasteiger partial charge in [0, 0.05) is 54.7 Å². The van der Waals surface area contributed by atoms with E-state index in [2.05, 4.69) is 14.9 Å². The number of ether oxygens (including phenoxy) is 2. The van der Waals surface area contributed by atoms with Crippen molar-refractivity contribution in [1.82, 2.24) is 19.9 Å². The Morgan fingerprint density at radius 1 is 1.10 bits per heavy atom. The predicted octanol–water partition coefficient (Wildman–Crippen LogP) is 7.47. The molecule has 3 saturated heterocycles. The summed E-state index contributed by atoms with van der Waals surface area (Å²) < 4.78 is 100. The maximum atomic E-state index is 16.9. The molecule has 2 aromatic carbocycles. The van der Waals surface area contributed by atoms with E-state index in [-0.39, 0.29) is 63.5 Å². The summed E-state index contributed by atoms with van der Waals surface area (Å²) in [5.41, 5.74) is 0.490. The van der Waals surface area contributed by atoms with E-state index in [1.165, 1.54) is 18.3 Å². The summed E-state index contributed by atoms with van der Waals surface area (Å²) in [5.74, 6) is -2.31. The number of rotatable bonds is 7. The molecule has 2 unspecified atom stereocenters. The van der Waals surface area contributed by atoms with Crippen molar-refractivity contribution >= 4 is 27.5 Å². The summed E-state index contributed by atoms with van der Waals surface area (Å²) in [6.07, 6.45) is 6.25. The minimum absolute atomic E-state index is 0.0267. The molecule has 0 radical (unpaired) electrons. The second kappa shape index (κ2) is 11.2. The van der Waals surface area contributed by atoms with Crippen LogP contribution in [0.15, 0.2) is 48.4 Å². The Balaban J connectivity index is 1.14. The summed E-state index contributed by atoms with van der Waals surface area (Å²) >= 11 is 0. The van der Waals surface area contributed by atoms with Crippen molar-refractivity contribution in [3.05, 3.63) is 60.1 Å². The summed E-state index contributed by atoms with van der Waals surface area (Å²) in [5, 5.41) is 0.531. The van der Waals surface area contributed by atoms with Gasteiger partial charge >= 0.3 is 6.01 Å². The lowest BCUT2D eigenvalue weighted by Gasteiger charge is -2.25. The molecule has 2 aromatic heterocycles. The third kappa shape index (κ3) is 4.58. The SMILES string of the molecule is [2H]C([2H])(F)Oc1c(F)ccc2cccc(-c3ncc4c(N5CCCC[C@H]6[C@H](F)[C@H]65)nc(OCC5CN6CC(=CF)CC6C56CC6)nc4c3F)c12. The molecule has 12 heteroatoms. The highest BCUT2D eigenvalue weighted by Gasteiger charge is 2.63. The van der Waals surface area contributed by atoms with Crippen molar-refractivity contribution in [3.63, 3.8) is 0 Å². The van der Waals surface area contributed by atoms with Crippen molar-refractivity contribution in [3.8, 4) is 23.0 Å². The molecule has 7 nitrogen and oxygen atoms in total. The third-order valence-electron chi connectivity index (χ3n) is 11.5. The van der Waals surface area contributed by atoms with Crippen molar-refractivity contribution in [2.75, 3.05) is 38.0 Å². The summed E-state index contributed by atoms with van der Waals surface area (Å²) in [6, 6.07) is 6.83. The summed E-state index contributed by atoms with van der Waals surface area (Å²) in [4.78, 5) is 17.9. The van der Waals surface area contributed by atoms with Gasteiger partial charge in [-0.25, -0.2) is 22.0 Å². The lowest BCUT2D eigenvalue weighted by molar-refractivity contribution is 0.187. The molecule has 5 atom stereocenters. The highest BCUT2D eigenvalue weighted by atomic mass is 19.1. The number of aromatic nitrogens is 3. The molecular formula is C36H34F5N5O2. The molecule has 9 rings (SSSR count). The molecule has 4 aromatic rings. The van der Waals surface area contributed by atoms with E-state index < -0.39 is 36.4 Å². The molecule has 0 bridgehead atoms. The van der Waals surface area contributed by atoms with Gasteiger partial charge in [0.2, 0.25) is 6.81 Å². The van der Waals surface area contributed by atoms with Crippen molar-refractivity contribution < 1.29 is 34.2 Å². The van der Waals surface area contributed by atoms with E-state index in [4.69, 9.17) is 17.2 Å². The van der Waals surface area contributed by atoms with Crippen molar-refractivity contribution in [2.24, 2.45) is 17.3 Å². The molecule has 250 valence electrons. The van der Waals surface area contributed by atoms with Gasteiger partial charge < -0.3 is 14.4 Å². The van der Waals surface area contributed by atoms with Gasteiger partial charge in [-0.1, -0.05) is 30.7 Å². The van der Waals surface area contributed by atoms with Crippen LogP contribution in [0.4, 0.5) is 27.8 Å². The molecule has 1 spiro atoms. The lowest BCUT2D eigenvalue weighted by Crippen LogP contribution is -2.30. The number of anilines is 1. The molecule has 48 heavy (non-hydrogen) atoms. The van der Waals surface area contributed by atoms with E-state index in [0.717, 1.165) is 56.6 Å². The number of pyridine rings is 1. The van der Waals surface area contributed by atoms with Crippen LogP contribution < -0.4 is 14.4 Å². The van der Waals surface area contributed by atoms with Gasteiger partial charge in [-0.3, -0.25) is 9.88 Å². The van der Waals surface area contributed by atoms with Crippen LogP contribution in [0.25, 0.3) is 32.9 Å². The van der Waals surface area contributed by atoms with E-state index in [1.54, 1.807) is 12.1 Å². The number of halogens is 5. The van der Waals surface area contributed by atoms with Gasteiger partial charge in [-0.15, -0.1) is 0 Å². The number of alkyl halides is 2. The van der Waals surface area contributed by atoms with Crippen LogP contribution in [0.3, 0.4) is 0 Å². The highest BCUT2D eigenvalue weighted by molar-refractivity contribution is 6.02. The lowest BCUT2D eigenvalue weighted by atomic mass is 9.85. The van der Waals surface area contributed by atoms with Gasteiger partial charge in [0.1, 0.15) is 25.9 Å². The Hall–Kier alpha value is -4.06. The molecule has 5 heterocycles. The molecule has 0 N–H and O–H groups in total. The first-order chi connectivity index (χ1) is 24.1. The first kappa shape index (κ1) is 27.8. The second-order valence-corrected chi connectivity index (χ2v) is 13.9. The van der Waals surface area contributed by atoms with E-state index in [1.807, 2.05) is 4.90 Å². The monoisotopic (exact) mass is 665 g/mol. The fourth-order valence-corrected chi connectivity index (χ4v) is 8.92. The van der Waals surface area contributed by atoms with E-state index in [0.29, 0.717) is 30.7 Å². The zero-order valence-electron chi connectivity index (χ0n) is 27.9. The first-order valence-corrected chi connectivity index (χ1v) is 16.6. The minimum Gasteiger partial charge on any atom is -0.463 e. The van der Waals surface area contributed by atoms with Crippen LogP contribution in [0.2, 0.25) is 0 Å². The Bertz CT molecular complexity index is 2060. The Morgan fingerprint density at radius 2 is 1.98 bits per heavy atom. The van der Waals surface area contributed by atoms with Crippen LogP contribution in [0.1, 0.15) is 41.3 Å². The van der Waals surface area contributed by atoms with E-state index in [9.17, 15) is 8.78 Å². The maximum Gasteiger partial charge on any atom is 0.319 e. The normalized spacial score (nSPS) is 29.1. The van der Waals surface area contributed by atoms with Crippen molar-refractivity contribution in [1.29, 1.82) is 0 Å². The number of hydrogen-bond acceptors (Lipinski definition) is 7. The van der Waals surface area contributed by atoms with Crippen LogP contribution in [0, 0.1) is 28.9 Å². The summed E-state index contributed by atoms with van der Waals surface area (Å²) in [7, 11) is 0. The van der Waals surface area contributed by atoms with Crippen LogP contribution in [-0.2, 0) is 0 Å². The van der Waals surface area contributed by atoms with E-state index >= 15 is 13.2 Å². The average Bonchev–Trinajstić information content (AvgIpc) is 3.96. The van der Waals surface area contributed by atoms with Gasteiger partial charge in [0.15, 0.2) is 17.4 Å². The maximum absolute atomic E-state index is 16.9. The van der Waals surface area contributed by atoms with Gasteiger partial charge in [0.05, 0.1) is 24.4 Å². The second-order valence-electron chi connectivity index (χ2n) is 13.9. The fourth-order valence-electron chi connectivity index (χ4n) is 8.92. The zero-order valence-corrected chi connectivity index (χ0v) is 25.9. The van der Waals surface area contributed by atoms with Crippen LogP contribution >= 0.6 is 0 Å². The third-order valence-corrected chi connectivity index (χ3v) is 11.5. The van der Waals surface area contributed by atoms with Crippen LogP contribution in [0.5, 0.6) is 11.8 Å². The molecule has 5 aliphatic rings. The van der Waals surface area contributed by atoms with Gasteiger partial charge in [-0.2, -0.15) is 9.97 Å². The topological polar surface area (TPSA) is 63.6 Å². The predicted molar refractivity (Wildman–Crippen MR) is 170 cm³/mol. The Morgan fingerprint density at radius 3 is 2.79 bits per heavy atom. The molecule has 0 amide bonds. The molecular weight excluding hydrogens is 629 g/mol. The number of fused-ring (bicyclic) bond motifs is 5. The Kier molecular flexibility index (Phi) is 6.53. The highest BCUT2D eigenvalue weighted by Crippen LogP contribution is 2.63. The minimum atomic E-state index is -3.71. The number of benzene rings is 2. The zero-order chi connectivity index (χ0) is 34.5. The molecule has 2 aliphatic carbocycles. The number of nitrogens with zero attached hydrogens (tertiary/aromatic N) is 5. The van der Waals surface area contributed by atoms with Gasteiger partial charge in [-0.05, 0) is 54.5 Å². The average molecular weight is 666 g/mol.